The fourth-order valence-corrected chi connectivity index (χ4v) is 1.15. The van der Waals surface area contributed by atoms with Crippen molar-refractivity contribution in [1.82, 2.24) is 20.1 Å². The van der Waals surface area contributed by atoms with Crippen molar-refractivity contribution in [2.75, 3.05) is 18.8 Å². The van der Waals surface area contributed by atoms with Crippen molar-refractivity contribution < 1.29 is 4.79 Å². The SMILES string of the molecule is C#CCN(CCC)C(=O)c1nc(N)n[nH]1. The van der Waals surface area contributed by atoms with Gasteiger partial charge in [-0.3, -0.25) is 9.89 Å². The molecular formula is C9H13N5O. The Morgan fingerprint density at radius 2 is 2.47 bits per heavy atom. The number of amides is 1. The third-order valence-electron chi connectivity index (χ3n) is 1.77. The van der Waals surface area contributed by atoms with Crippen molar-refractivity contribution in [1.29, 1.82) is 0 Å². The van der Waals surface area contributed by atoms with Crippen LogP contribution in [-0.2, 0) is 0 Å². The number of nitrogen functional groups attached to an aromatic ring is 1. The van der Waals surface area contributed by atoms with Crippen LogP contribution in [0.15, 0.2) is 0 Å². The molecule has 1 aromatic rings. The van der Waals surface area contributed by atoms with Gasteiger partial charge in [0.1, 0.15) is 0 Å². The smallest absolute Gasteiger partial charge is 0.292 e. The van der Waals surface area contributed by atoms with Gasteiger partial charge in [0, 0.05) is 6.54 Å². The summed E-state index contributed by atoms with van der Waals surface area (Å²) in [5, 5.41) is 6.04. The summed E-state index contributed by atoms with van der Waals surface area (Å²) < 4.78 is 0. The number of nitrogens with zero attached hydrogens (tertiary/aromatic N) is 3. The molecule has 15 heavy (non-hydrogen) atoms. The van der Waals surface area contributed by atoms with E-state index < -0.39 is 0 Å². The van der Waals surface area contributed by atoms with Crippen molar-refractivity contribution in [3.63, 3.8) is 0 Å². The van der Waals surface area contributed by atoms with E-state index >= 15 is 0 Å². The van der Waals surface area contributed by atoms with Crippen LogP contribution < -0.4 is 5.73 Å². The Morgan fingerprint density at radius 1 is 1.73 bits per heavy atom. The van der Waals surface area contributed by atoms with Gasteiger partial charge in [-0.2, -0.15) is 4.98 Å². The van der Waals surface area contributed by atoms with E-state index in [1.165, 1.54) is 4.90 Å². The van der Waals surface area contributed by atoms with Crippen LogP contribution in [0.2, 0.25) is 0 Å². The summed E-state index contributed by atoms with van der Waals surface area (Å²) in [5.74, 6) is 2.32. The van der Waals surface area contributed by atoms with E-state index in [1.54, 1.807) is 0 Å². The minimum absolute atomic E-state index is 0.0514. The summed E-state index contributed by atoms with van der Waals surface area (Å²) in [6, 6.07) is 0. The molecular weight excluding hydrogens is 194 g/mol. The maximum absolute atomic E-state index is 11.8. The molecule has 0 bridgehead atoms. The fourth-order valence-electron chi connectivity index (χ4n) is 1.15. The molecule has 0 aliphatic heterocycles. The lowest BCUT2D eigenvalue weighted by Gasteiger charge is -2.17. The van der Waals surface area contributed by atoms with Crippen molar-refractivity contribution in [2.24, 2.45) is 0 Å². The van der Waals surface area contributed by atoms with E-state index in [0.29, 0.717) is 6.54 Å². The Hall–Kier alpha value is -2.03. The van der Waals surface area contributed by atoms with Crippen LogP contribution in [0.4, 0.5) is 5.95 Å². The lowest BCUT2D eigenvalue weighted by atomic mass is 10.3. The average molecular weight is 207 g/mol. The minimum Gasteiger partial charge on any atom is -0.366 e. The number of aromatic amines is 1. The average Bonchev–Trinajstić information content (AvgIpc) is 2.63. The predicted molar refractivity (Wildman–Crippen MR) is 55.8 cm³/mol. The van der Waals surface area contributed by atoms with E-state index in [9.17, 15) is 4.79 Å². The van der Waals surface area contributed by atoms with E-state index in [-0.39, 0.29) is 24.2 Å². The third kappa shape index (κ3) is 2.71. The number of hydrogen-bond acceptors (Lipinski definition) is 4. The number of aromatic nitrogens is 3. The molecule has 0 saturated heterocycles. The lowest BCUT2D eigenvalue weighted by Crippen LogP contribution is -2.32. The molecule has 0 aliphatic rings. The molecule has 1 amide bonds. The number of nitrogens with one attached hydrogen (secondary N) is 1. The number of terminal acetylenes is 1. The van der Waals surface area contributed by atoms with Gasteiger partial charge in [0.25, 0.3) is 5.91 Å². The van der Waals surface area contributed by atoms with Gasteiger partial charge in [-0.15, -0.1) is 11.5 Å². The van der Waals surface area contributed by atoms with Gasteiger partial charge < -0.3 is 10.6 Å². The lowest BCUT2D eigenvalue weighted by molar-refractivity contribution is 0.0765. The second-order valence-corrected chi connectivity index (χ2v) is 2.97. The summed E-state index contributed by atoms with van der Waals surface area (Å²) in [6.07, 6.45) is 6.00. The number of rotatable bonds is 4. The second-order valence-electron chi connectivity index (χ2n) is 2.97. The van der Waals surface area contributed by atoms with Crippen molar-refractivity contribution in [3.05, 3.63) is 5.82 Å². The molecule has 0 aliphatic carbocycles. The molecule has 80 valence electrons. The van der Waals surface area contributed by atoms with Crippen LogP contribution in [0.3, 0.4) is 0 Å². The van der Waals surface area contributed by atoms with Gasteiger partial charge >= 0.3 is 0 Å². The standard InChI is InChI=1S/C9H13N5O/c1-3-5-14(6-4-2)8(15)7-11-9(10)13-12-7/h1H,4-6H2,2H3,(H3,10,11,12,13). The number of hydrogen-bond donors (Lipinski definition) is 2. The molecule has 0 saturated carbocycles. The molecule has 0 radical (unpaired) electrons. The Kier molecular flexibility index (Phi) is 3.68. The van der Waals surface area contributed by atoms with Gasteiger partial charge in [0.2, 0.25) is 11.8 Å². The van der Waals surface area contributed by atoms with Crippen LogP contribution >= 0.6 is 0 Å². The zero-order valence-corrected chi connectivity index (χ0v) is 8.53. The first-order valence-electron chi connectivity index (χ1n) is 4.59. The van der Waals surface area contributed by atoms with Crippen molar-refractivity contribution in [3.8, 4) is 12.3 Å². The number of carbonyl (C=O) groups is 1. The molecule has 0 spiro atoms. The maximum atomic E-state index is 11.8. The zero-order valence-electron chi connectivity index (χ0n) is 8.53. The molecule has 6 heteroatoms. The number of carbonyl (C=O) groups excluding carboxylic acids is 1. The van der Waals surface area contributed by atoms with Gasteiger partial charge in [0.15, 0.2) is 0 Å². The monoisotopic (exact) mass is 207 g/mol. The number of H-pyrrole nitrogens is 1. The molecule has 0 fully saturated rings. The van der Waals surface area contributed by atoms with Crippen molar-refractivity contribution >= 4 is 11.9 Å². The topological polar surface area (TPSA) is 87.9 Å². The predicted octanol–water partition coefficient (Wildman–Crippen LogP) is -0.128. The van der Waals surface area contributed by atoms with Crippen LogP contribution in [0.25, 0.3) is 0 Å². The first-order valence-corrected chi connectivity index (χ1v) is 4.59. The first-order chi connectivity index (χ1) is 7.19. The third-order valence-corrected chi connectivity index (χ3v) is 1.77. The van der Waals surface area contributed by atoms with Crippen LogP contribution in [-0.4, -0.2) is 39.1 Å². The summed E-state index contributed by atoms with van der Waals surface area (Å²) >= 11 is 0. The number of nitrogens with two attached hydrogens (primary N) is 1. The number of anilines is 1. The molecule has 0 atom stereocenters. The Morgan fingerprint density at radius 3 is 2.93 bits per heavy atom. The summed E-state index contributed by atoms with van der Waals surface area (Å²) in [6.45, 7) is 2.81. The highest BCUT2D eigenvalue weighted by Crippen LogP contribution is 2.01. The summed E-state index contributed by atoms with van der Waals surface area (Å²) in [4.78, 5) is 17.0. The second kappa shape index (κ2) is 5.00. The molecule has 1 rings (SSSR count). The largest absolute Gasteiger partial charge is 0.366 e. The molecule has 0 aromatic carbocycles. The Balaban J connectivity index is 2.76. The highest BCUT2D eigenvalue weighted by molar-refractivity contribution is 5.90. The molecule has 3 N–H and O–H groups in total. The van der Waals surface area contributed by atoms with Crippen LogP contribution in [0, 0.1) is 12.3 Å². The van der Waals surface area contributed by atoms with Gasteiger partial charge in [-0.05, 0) is 6.42 Å². The quantitative estimate of drug-likeness (QED) is 0.673. The van der Waals surface area contributed by atoms with Gasteiger partial charge in [-0.1, -0.05) is 12.8 Å². The highest BCUT2D eigenvalue weighted by atomic mass is 16.2. The van der Waals surface area contributed by atoms with E-state index in [1.807, 2.05) is 6.92 Å². The summed E-state index contributed by atoms with van der Waals surface area (Å²) in [7, 11) is 0. The van der Waals surface area contributed by atoms with E-state index in [2.05, 4.69) is 21.1 Å². The molecule has 1 heterocycles. The van der Waals surface area contributed by atoms with Crippen LogP contribution in [0.1, 0.15) is 24.0 Å². The first kappa shape index (κ1) is 11.0. The molecule has 0 unspecified atom stereocenters. The normalized spacial score (nSPS) is 9.60. The van der Waals surface area contributed by atoms with Crippen LogP contribution in [0.5, 0.6) is 0 Å². The fraction of sp³-hybridized carbons (Fsp3) is 0.444. The molecule has 6 nitrogen and oxygen atoms in total. The zero-order chi connectivity index (χ0) is 11.3. The maximum Gasteiger partial charge on any atom is 0.292 e. The minimum atomic E-state index is -0.279. The highest BCUT2D eigenvalue weighted by Gasteiger charge is 2.17. The van der Waals surface area contributed by atoms with Crippen molar-refractivity contribution in [2.45, 2.75) is 13.3 Å². The van der Waals surface area contributed by atoms with E-state index in [4.69, 9.17) is 12.2 Å². The van der Waals surface area contributed by atoms with Gasteiger partial charge in [0.05, 0.1) is 6.54 Å². The summed E-state index contributed by atoms with van der Waals surface area (Å²) in [5.41, 5.74) is 5.30. The Labute approximate surface area is 87.9 Å². The Bertz CT molecular complexity index is 378. The molecule has 1 aromatic heterocycles. The van der Waals surface area contributed by atoms with Gasteiger partial charge in [-0.25, -0.2) is 0 Å². The van der Waals surface area contributed by atoms with E-state index in [0.717, 1.165) is 6.42 Å².